The van der Waals surface area contributed by atoms with Gasteiger partial charge in [-0.25, -0.2) is 9.50 Å². The zero-order valence-electron chi connectivity index (χ0n) is 24.3. The first-order valence-corrected chi connectivity index (χ1v) is 14.1. The molecule has 2 aliphatic heterocycles. The summed E-state index contributed by atoms with van der Waals surface area (Å²) < 4.78 is 20.4. The molecule has 42 heavy (non-hydrogen) atoms. The van der Waals surface area contributed by atoms with Crippen LogP contribution in [0, 0.1) is 0 Å². The van der Waals surface area contributed by atoms with E-state index < -0.39 is 0 Å². The van der Waals surface area contributed by atoms with Crippen LogP contribution < -0.4 is 35.5 Å². The summed E-state index contributed by atoms with van der Waals surface area (Å²) in [6.45, 7) is 9.60. The minimum absolute atomic E-state index is 0.00159. The lowest BCUT2D eigenvalue weighted by molar-refractivity contribution is 0.229. The molecule has 0 bridgehead atoms. The van der Waals surface area contributed by atoms with Crippen LogP contribution in [-0.4, -0.2) is 89.1 Å². The lowest BCUT2D eigenvalue weighted by atomic mass is 10.2. The van der Waals surface area contributed by atoms with Crippen LogP contribution in [0.2, 0.25) is 0 Å². The van der Waals surface area contributed by atoms with Crippen molar-refractivity contribution in [2.75, 3.05) is 64.3 Å². The van der Waals surface area contributed by atoms with Crippen molar-refractivity contribution in [1.29, 1.82) is 0 Å². The second-order valence-electron chi connectivity index (χ2n) is 10.5. The number of methoxy groups -OCH3 is 3. The number of hydrogen-bond donors (Lipinski definition) is 3. The molecule has 0 aliphatic carbocycles. The summed E-state index contributed by atoms with van der Waals surface area (Å²) in [5.41, 5.74) is 9.59. The van der Waals surface area contributed by atoms with Gasteiger partial charge in [0.2, 0.25) is 11.7 Å². The van der Waals surface area contributed by atoms with Gasteiger partial charge in [0.15, 0.2) is 17.3 Å². The molecule has 3 aromatic heterocycles. The van der Waals surface area contributed by atoms with Gasteiger partial charge in [0.25, 0.3) is 0 Å². The van der Waals surface area contributed by atoms with Gasteiger partial charge >= 0.3 is 0 Å². The van der Waals surface area contributed by atoms with Crippen LogP contribution in [0.1, 0.15) is 18.5 Å². The van der Waals surface area contributed by atoms with E-state index in [2.05, 4.69) is 44.1 Å². The second kappa shape index (κ2) is 11.8. The minimum atomic E-state index is 0.00159. The van der Waals surface area contributed by atoms with Crippen molar-refractivity contribution in [1.82, 2.24) is 34.4 Å². The van der Waals surface area contributed by atoms with Crippen LogP contribution in [-0.2, 0) is 6.54 Å². The van der Waals surface area contributed by atoms with E-state index >= 15 is 0 Å². The molecule has 222 valence electrons. The van der Waals surface area contributed by atoms with Crippen molar-refractivity contribution in [2.24, 2.45) is 5.73 Å². The van der Waals surface area contributed by atoms with Gasteiger partial charge in [0, 0.05) is 57.1 Å². The van der Waals surface area contributed by atoms with Gasteiger partial charge in [0.05, 0.1) is 44.9 Å². The molecule has 2 saturated heterocycles. The highest BCUT2D eigenvalue weighted by Gasteiger charge is 2.29. The second-order valence-corrected chi connectivity index (χ2v) is 10.5. The van der Waals surface area contributed by atoms with Gasteiger partial charge in [-0.3, -0.25) is 4.90 Å². The smallest absolute Gasteiger partial charge is 0.246 e. The van der Waals surface area contributed by atoms with E-state index in [1.165, 1.54) is 0 Å². The predicted octanol–water partition coefficient (Wildman–Crippen LogP) is 2.53. The number of hydrogen-bond acceptors (Lipinski definition) is 11. The number of nitrogens with one attached hydrogen (secondary N) is 2. The zero-order chi connectivity index (χ0) is 29.2. The van der Waals surface area contributed by atoms with E-state index in [-0.39, 0.29) is 6.04 Å². The Hall–Kier alpha value is -4.49. The SMILES string of the molecule is C=C(N)[C@@H]1CCCN1c1nc(Nc2cn(-c3cc(OC)c(OC)c(OC)c3)cn2)c2ccc(CN3CCNCC3)n2n1. The normalized spacial score (nSPS) is 17.5. The van der Waals surface area contributed by atoms with Gasteiger partial charge in [0.1, 0.15) is 17.7 Å². The third-order valence-electron chi connectivity index (χ3n) is 7.89. The Morgan fingerprint density at radius 3 is 2.55 bits per heavy atom. The topological polar surface area (TPSA) is 132 Å². The zero-order valence-corrected chi connectivity index (χ0v) is 24.3. The Balaban J connectivity index is 1.36. The number of nitrogens with two attached hydrogens (primary N) is 1. The fourth-order valence-electron chi connectivity index (χ4n) is 5.73. The van der Waals surface area contributed by atoms with Gasteiger partial charge in [-0.1, -0.05) is 6.58 Å². The van der Waals surface area contributed by atoms with Crippen LogP contribution in [0.3, 0.4) is 0 Å². The number of anilines is 3. The Kier molecular flexibility index (Phi) is 7.76. The number of benzene rings is 1. The van der Waals surface area contributed by atoms with Gasteiger partial charge in [-0.15, -0.1) is 5.10 Å². The average molecular weight is 575 g/mol. The molecule has 1 aromatic carbocycles. The molecule has 0 amide bonds. The maximum atomic E-state index is 6.19. The monoisotopic (exact) mass is 574 g/mol. The Morgan fingerprint density at radius 2 is 1.86 bits per heavy atom. The molecule has 13 heteroatoms. The summed E-state index contributed by atoms with van der Waals surface area (Å²) in [7, 11) is 4.78. The molecule has 0 radical (unpaired) electrons. The summed E-state index contributed by atoms with van der Waals surface area (Å²) in [6, 6.07) is 7.93. The molecule has 2 aliphatic rings. The Labute approximate surface area is 244 Å². The third kappa shape index (κ3) is 5.28. The highest BCUT2D eigenvalue weighted by atomic mass is 16.5. The molecular weight excluding hydrogens is 536 g/mol. The molecule has 1 atom stereocenters. The lowest BCUT2D eigenvalue weighted by Crippen LogP contribution is -2.43. The van der Waals surface area contributed by atoms with E-state index in [1.54, 1.807) is 27.7 Å². The largest absolute Gasteiger partial charge is 0.493 e. The highest BCUT2D eigenvalue weighted by Crippen LogP contribution is 2.39. The first-order chi connectivity index (χ1) is 20.5. The molecule has 4 N–H and O–H groups in total. The van der Waals surface area contributed by atoms with E-state index in [0.29, 0.717) is 40.5 Å². The van der Waals surface area contributed by atoms with E-state index in [1.807, 2.05) is 27.4 Å². The molecule has 5 heterocycles. The summed E-state index contributed by atoms with van der Waals surface area (Å²) >= 11 is 0. The van der Waals surface area contributed by atoms with E-state index in [0.717, 1.165) is 69.0 Å². The van der Waals surface area contributed by atoms with Crippen molar-refractivity contribution < 1.29 is 14.2 Å². The molecule has 6 rings (SSSR count). The maximum absolute atomic E-state index is 6.19. The minimum Gasteiger partial charge on any atom is -0.493 e. The van der Waals surface area contributed by atoms with Gasteiger partial charge in [-0.2, -0.15) is 4.98 Å². The van der Waals surface area contributed by atoms with Crippen LogP contribution in [0.4, 0.5) is 17.6 Å². The maximum Gasteiger partial charge on any atom is 0.246 e. The summed E-state index contributed by atoms with van der Waals surface area (Å²) in [6.07, 6.45) is 5.55. The number of imidazole rings is 1. The number of fused-ring (bicyclic) bond motifs is 1. The molecule has 4 aromatic rings. The van der Waals surface area contributed by atoms with E-state index in [4.69, 9.17) is 30.0 Å². The summed E-state index contributed by atoms with van der Waals surface area (Å²) in [5, 5.41) is 11.9. The molecule has 0 spiro atoms. The van der Waals surface area contributed by atoms with Crippen LogP contribution in [0.15, 0.2) is 49.1 Å². The average Bonchev–Trinajstić information content (AvgIpc) is 3.77. The highest BCUT2D eigenvalue weighted by molar-refractivity contribution is 5.74. The number of aromatic nitrogens is 5. The summed E-state index contributed by atoms with van der Waals surface area (Å²) in [4.78, 5) is 14.2. The van der Waals surface area contributed by atoms with Gasteiger partial charge < -0.3 is 40.0 Å². The quantitative estimate of drug-likeness (QED) is 0.258. The van der Waals surface area contributed by atoms with Crippen molar-refractivity contribution in [2.45, 2.75) is 25.4 Å². The van der Waals surface area contributed by atoms with Crippen molar-refractivity contribution >= 4 is 23.1 Å². The fourth-order valence-corrected chi connectivity index (χ4v) is 5.73. The van der Waals surface area contributed by atoms with Crippen molar-refractivity contribution in [3.8, 4) is 22.9 Å². The lowest BCUT2D eigenvalue weighted by Gasteiger charge is -2.27. The van der Waals surface area contributed by atoms with Crippen LogP contribution in [0.25, 0.3) is 11.2 Å². The number of nitrogens with zero attached hydrogens (tertiary/aromatic N) is 7. The Bertz CT molecular complexity index is 1550. The van der Waals surface area contributed by atoms with Crippen LogP contribution >= 0.6 is 0 Å². The molecule has 0 saturated carbocycles. The fraction of sp³-hybridized carbons (Fsp3) is 0.414. The first kappa shape index (κ1) is 27.7. The van der Waals surface area contributed by atoms with E-state index in [9.17, 15) is 0 Å². The number of piperazine rings is 1. The number of ether oxygens (including phenoxy) is 3. The Morgan fingerprint density at radius 1 is 1.10 bits per heavy atom. The van der Waals surface area contributed by atoms with Gasteiger partial charge in [-0.05, 0) is 25.0 Å². The van der Waals surface area contributed by atoms with Crippen molar-refractivity contribution in [3.05, 3.63) is 54.8 Å². The van der Waals surface area contributed by atoms with Crippen LogP contribution in [0.5, 0.6) is 17.2 Å². The molecule has 0 unspecified atom stereocenters. The first-order valence-electron chi connectivity index (χ1n) is 14.1. The standard InChI is InChI=1S/C29H38N10O3/c1-19(30)22-6-5-11-38(22)29-34-28(23-8-7-20(39(23)35-29)16-36-12-9-31-10-13-36)33-26-17-37(18-32-26)21-14-24(40-2)27(42-4)25(15-21)41-3/h7-8,14-15,17-18,22,31H,1,5-6,9-13,16,30H2,2-4H3,(H,33,34,35)/t22-/m0/s1. The van der Waals surface area contributed by atoms with Crippen molar-refractivity contribution in [3.63, 3.8) is 0 Å². The summed E-state index contributed by atoms with van der Waals surface area (Å²) in [5.74, 6) is 3.55. The number of rotatable bonds is 10. The third-order valence-corrected chi connectivity index (χ3v) is 7.89. The molecule has 13 nitrogen and oxygen atoms in total. The molecular formula is C29H38N10O3. The molecule has 2 fully saturated rings. The predicted molar refractivity (Wildman–Crippen MR) is 161 cm³/mol.